The lowest BCUT2D eigenvalue weighted by atomic mass is 10.0. The highest BCUT2D eigenvalue weighted by atomic mass is 32.1. The van der Waals surface area contributed by atoms with Gasteiger partial charge in [-0.2, -0.15) is 0 Å². The van der Waals surface area contributed by atoms with Gasteiger partial charge in [-0.05, 0) is 60.7 Å². The zero-order chi connectivity index (χ0) is 20.8. The van der Waals surface area contributed by atoms with Crippen LogP contribution in [0.5, 0.6) is 0 Å². The largest absolute Gasteiger partial charge is 0.140 e. The van der Waals surface area contributed by atoms with Gasteiger partial charge in [0.2, 0.25) is 0 Å². The van der Waals surface area contributed by atoms with Crippen LogP contribution < -0.4 is 0 Å². The van der Waals surface area contributed by atoms with Crippen molar-refractivity contribution in [2.24, 2.45) is 0 Å². The normalized spacial score (nSPS) is 11.9. The van der Waals surface area contributed by atoms with Gasteiger partial charge in [-0.25, -0.2) is 0 Å². The second kappa shape index (κ2) is 10.8. The molecule has 0 radical (unpaired) electrons. The van der Waals surface area contributed by atoms with Gasteiger partial charge in [0.05, 0.1) is 0 Å². The fourth-order valence-electron chi connectivity index (χ4n) is 4.60. The summed E-state index contributed by atoms with van der Waals surface area (Å²) in [4.78, 5) is 3.12. The Hall–Kier alpha value is -1.38. The van der Waals surface area contributed by atoms with Crippen LogP contribution in [-0.2, 0) is 12.8 Å². The third-order valence-corrected chi connectivity index (χ3v) is 8.67. The first-order valence-electron chi connectivity index (χ1n) is 12.2. The molecule has 0 aliphatic heterocycles. The Morgan fingerprint density at radius 2 is 0.933 bits per heavy atom. The molecule has 0 atom stereocenters. The van der Waals surface area contributed by atoms with Crippen LogP contribution in [-0.4, -0.2) is 0 Å². The summed E-state index contributed by atoms with van der Waals surface area (Å²) < 4.78 is 2.91. The molecule has 160 valence electrons. The van der Waals surface area contributed by atoms with Crippen LogP contribution in [0.2, 0.25) is 0 Å². The lowest BCUT2D eigenvalue weighted by molar-refractivity contribution is 0.634. The molecule has 0 saturated heterocycles. The highest BCUT2D eigenvalue weighted by Crippen LogP contribution is 2.38. The first kappa shape index (κ1) is 21.8. The summed E-state index contributed by atoms with van der Waals surface area (Å²) in [6, 6.07) is 14.4. The van der Waals surface area contributed by atoms with Crippen molar-refractivity contribution in [1.82, 2.24) is 0 Å². The summed E-state index contributed by atoms with van der Waals surface area (Å²) in [5.41, 5.74) is 0. The van der Waals surface area contributed by atoms with E-state index in [9.17, 15) is 0 Å². The van der Waals surface area contributed by atoms with E-state index in [0.717, 1.165) is 0 Å². The van der Waals surface area contributed by atoms with Gasteiger partial charge >= 0.3 is 0 Å². The Kier molecular flexibility index (Phi) is 7.84. The molecular weight excluding hydrogens is 400 g/mol. The molecule has 4 rings (SSSR count). The molecule has 0 unspecified atom stereocenters. The van der Waals surface area contributed by atoms with Crippen LogP contribution in [0.4, 0.5) is 0 Å². The molecule has 0 bridgehead atoms. The third kappa shape index (κ3) is 5.08. The van der Waals surface area contributed by atoms with E-state index in [2.05, 4.69) is 50.2 Å². The first-order chi connectivity index (χ1) is 14.8. The van der Waals surface area contributed by atoms with E-state index >= 15 is 0 Å². The summed E-state index contributed by atoms with van der Waals surface area (Å²) in [7, 11) is 0. The maximum Gasteiger partial charge on any atom is 0.0352 e. The zero-order valence-corrected chi connectivity index (χ0v) is 20.4. The number of thiophene rings is 2. The molecule has 0 amide bonds. The SMILES string of the molecule is CCCCCCCc1cc2c(ccc3c4cc(CCCCCCC)sc4ccc23)s1. The highest BCUT2D eigenvalue weighted by Gasteiger charge is 2.10. The van der Waals surface area contributed by atoms with Crippen molar-refractivity contribution in [1.29, 1.82) is 0 Å². The number of benzene rings is 2. The summed E-state index contributed by atoms with van der Waals surface area (Å²) in [5, 5.41) is 5.83. The maximum atomic E-state index is 2.48. The van der Waals surface area contributed by atoms with Gasteiger partial charge in [0, 0.05) is 29.9 Å². The molecule has 0 saturated carbocycles. The summed E-state index contributed by atoms with van der Waals surface area (Å²) in [5.74, 6) is 0. The molecule has 2 aromatic heterocycles. The number of unbranched alkanes of at least 4 members (excludes halogenated alkanes) is 8. The van der Waals surface area contributed by atoms with E-state index in [1.54, 1.807) is 9.75 Å². The van der Waals surface area contributed by atoms with E-state index < -0.39 is 0 Å². The predicted molar refractivity (Wildman–Crippen MR) is 140 cm³/mol. The fourth-order valence-corrected chi connectivity index (χ4v) is 6.84. The zero-order valence-electron chi connectivity index (χ0n) is 18.8. The third-order valence-electron chi connectivity index (χ3n) is 6.35. The Morgan fingerprint density at radius 1 is 0.500 bits per heavy atom. The highest BCUT2D eigenvalue weighted by molar-refractivity contribution is 7.19. The summed E-state index contributed by atoms with van der Waals surface area (Å²) in [6.45, 7) is 4.58. The van der Waals surface area contributed by atoms with Gasteiger partial charge in [-0.15, -0.1) is 22.7 Å². The molecule has 0 aliphatic rings. The van der Waals surface area contributed by atoms with Crippen molar-refractivity contribution >= 4 is 53.6 Å². The fraction of sp³-hybridized carbons (Fsp3) is 0.500. The van der Waals surface area contributed by atoms with Gasteiger partial charge in [0.15, 0.2) is 0 Å². The average Bonchev–Trinajstić information content (AvgIpc) is 3.36. The first-order valence-corrected chi connectivity index (χ1v) is 13.8. The molecule has 0 N–H and O–H groups in total. The smallest absolute Gasteiger partial charge is 0.0352 e. The Morgan fingerprint density at radius 3 is 1.37 bits per heavy atom. The van der Waals surface area contributed by atoms with Crippen molar-refractivity contribution in [2.75, 3.05) is 0 Å². The monoisotopic (exact) mass is 436 g/mol. The van der Waals surface area contributed by atoms with Gasteiger partial charge in [0.1, 0.15) is 0 Å². The second-order valence-corrected chi connectivity index (χ2v) is 11.1. The standard InChI is InChI=1S/C28H36S2/c1-3-5-7-9-11-13-21-19-25-23-16-18-28-26(24(23)15-17-27(25)29-21)20-22(30-28)14-12-10-8-6-4-2/h15-20H,3-14H2,1-2H3. The van der Waals surface area contributed by atoms with Gasteiger partial charge in [-0.1, -0.05) is 77.3 Å². The van der Waals surface area contributed by atoms with Crippen LogP contribution in [0.15, 0.2) is 36.4 Å². The lowest BCUT2D eigenvalue weighted by Crippen LogP contribution is -1.81. The van der Waals surface area contributed by atoms with Crippen molar-refractivity contribution in [2.45, 2.75) is 90.9 Å². The van der Waals surface area contributed by atoms with Crippen LogP contribution >= 0.6 is 22.7 Å². The predicted octanol–water partition coefficient (Wildman–Crippen LogP) is 10.3. The Labute approximate surface area is 190 Å². The van der Waals surface area contributed by atoms with Gasteiger partial charge in [0.25, 0.3) is 0 Å². The van der Waals surface area contributed by atoms with Crippen LogP contribution in [0.3, 0.4) is 0 Å². The molecule has 0 nitrogen and oxygen atoms in total. The van der Waals surface area contributed by atoms with E-state index in [1.165, 1.54) is 108 Å². The second-order valence-electron chi connectivity index (χ2n) is 8.80. The van der Waals surface area contributed by atoms with Crippen molar-refractivity contribution in [3.63, 3.8) is 0 Å². The summed E-state index contributed by atoms with van der Waals surface area (Å²) >= 11 is 4.01. The average molecular weight is 437 g/mol. The van der Waals surface area contributed by atoms with Crippen LogP contribution in [0.1, 0.15) is 87.8 Å². The molecule has 0 aliphatic carbocycles. The van der Waals surface area contributed by atoms with Gasteiger partial charge in [-0.3, -0.25) is 0 Å². The topological polar surface area (TPSA) is 0 Å². The molecule has 0 fully saturated rings. The molecule has 4 aromatic rings. The number of fused-ring (bicyclic) bond motifs is 5. The number of hydrogen-bond donors (Lipinski definition) is 0. The van der Waals surface area contributed by atoms with Crippen molar-refractivity contribution in [3.05, 3.63) is 46.2 Å². The van der Waals surface area contributed by atoms with E-state index in [-0.39, 0.29) is 0 Å². The minimum atomic E-state index is 1.24. The maximum absolute atomic E-state index is 2.48. The molecule has 30 heavy (non-hydrogen) atoms. The quantitative estimate of drug-likeness (QED) is 0.194. The van der Waals surface area contributed by atoms with E-state index in [1.807, 2.05) is 22.7 Å². The number of aryl methyl sites for hydroxylation is 2. The minimum absolute atomic E-state index is 1.24. The molecule has 2 heterocycles. The number of hydrogen-bond acceptors (Lipinski definition) is 2. The summed E-state index contributed by atoms with van der Waals surface area (Å²) in [6.07, 6.45) is 16.1. The number of rotatable bonds is 12. The van der Waals surface area contributed by atoms with Crippen LogP contribution in [0.25, 0.3) is 30.9 Å². The Balaban J connectivity index is 1.52. The molecular formula is C28H36S2. The molecule has 0 spiro atoms. The van der Waals surface area contributed by atoms with Crippen molar-refractivity contribution in [3.8, 4) is 0 Å². The lowest BCUT2D eigenvalue weighted by Gasteiger charge is -2.01. The van der Waals surface area contributed by atoms with Gasteiger partial charge < -0.3 is 0 Å². The Bertz CT molecular complexity index is 995. The van der Waals surface area contributed by atoms with E-state index in [0.29, 0.717) is 0 Å². The van der Waals surface area contributed by atoms with E-state index in [4.69, 9.17) is 0 Å². The van der Waals surface area contributed by atoms with Crippen LogP contribution in [0, 0.1) is 0 Å². The molecule has 2 aromatic carbocycles. The van der Waals surface area contributed by atoms with Crippen molar-refractivity contribution < 1.29 is 0 Å². The molecule has 2 heteroatoms. The minimum Gasteiger partial charge on any atom is -0.140 e.